The predicted molar refractivity (Wildman–Crippen MR) is 74.2 cm³/mol. The fourth-order valence-electron chi connectivity index (χ4n) is 1.59. The van der Waals surface area contributed by atoms with E-state index in [2.05, 4.69) is 5.32 Å². The van der Waals surface area contributed by atoms with E-state index >= 15 is 0 Å². The third-order valence-electron chi connectivity index (χ3n) is 2.61. The van der Waals surface area contributed by atoms with Gasteiger partial charge in [-0.05, 0) is 32.4 Å². The topological polar surface area (TPSA) is 32.3 Å². The van der Waals surface area contributed by atoms with Gasteiger partial charge in [0.1, 0.15) is 0 Å². The van der Waals surface area contributed by atoms with Crippen LogP contribution in [-0.4, -0.2) is 23.3 Å². The van der Waals surface area contributed by atoms with Crippen molar-refractivity contribution in [1.82, 2.24) is 5.32 Å². The van der Waals surface area contributed by atoms with Crippen LogP contribution in [0.4, 0.5) is 13.2 Å². The van der Waals surface area contributed by atoms with Gasteiger partial charge in [0.15, 0.2) is 0 Å². The van der Waals surface area contributed by atoms with Gasteiger partial charge >= 0.3 is 6.18 Å². The molecular weight excluding hydrogens is 267 g/mol. The number of aliphatic hydroxyl groups is 1. The number of halogens is 3. The molecule has 0 heterocycles. The summed E-state index contributed by atoms with van der Waals surface area (Å²) >= 11 is 0. The van der Waals surface area contributed by atoms with Crippen LogP contribution in [0.2, 0.25) is 0 Å². The maximum absolute atomic E-state index is 12.8. The second-order valence-corrected chi connectivity index (χ2v) is 5.64. The minimum absolute atomic E-state index is 0.0507. The standard InChI is InChI=1S/C15H20F3NO/c1-14(2,3)19-10-12(20)9-8-11-6-4-5-7-13(11)15(16,17)18/h4-9,12,19-20H,10H2,1-3H3/b9-8+. The Labute approximate surface area is 117 Å². The van der Waals surface area contributed by atoms with Crippen molar-refractivity contribution in [3.63, 3.8) is 0 Å². The Hall–Kier alpha value is -1.33. The van der Waals surface area contributed by atoms with Gasteiger partial charge in [-0.2, -0.15) is 13.2 Å². The maximum atomic E-state index is 12.8. The van der Waals surface area contributed by atoms with Crippen LogP contribution in [0, 0.1) is 0 Å². The van der Waals surface area contributed by atoms with E-state index in [0.29, 0.717) is 0 Å². The van der Waals surface area contributed by atoms with Crippen molar-refractivity contribution in [1.29, 1.82) is 0 Å². The van der Waals surface area contributed by atoms with Gasteiger partial charge in [-0.25, -0.2) is 0 Å². The normalized spacial score (nSPS) is 14.8. The molecule has 0 amide bonds. The Morgan fingerprint density at radius 1 is 1.20 bits per heavy atom. The third-order valence-corrected chi connectivity index (χ3v) is 2.61. The Bertz CT molecular complexity index is 461. The highest BCUT2D eigenvalue weighted by molar-refractivity contribution is 5.55. The number of benzene rings is 1. The fourth-order valence-corrected chi connectivity index (χ4v) is 1.59. The molecule has 20 heavy (non-hydrogen) atoms. The van der Waals surface area contributed by atoms with Crippen molar-refractivity contribution in [2.45, 2.75) is 38.6 Å². The predicted octanol–water partition coefficient (Wildman–Crippen LogP) is 3.47. The number of rotatable bonds is 4. The zero-order valence-electron chi connectivity index (χ0n) is 11.8. The lowest BCUT2D eigenvalue weighted by atomic mass is 10.1. The number of nitrogens with one attached hydrogen (secondary N) is 1. The molecular formula is C15H20F3NO. The summed E-state index contributed by atoms with van der Waals surface area (Å²) in [5.74, 6) is 0. The minimum Gasteiger partial charge on any atom is -0.388 e. The highest BCUT2D eigenvalue weighted by Crippen LogP contribution is 2.32. The van der Waals surface area contributed by atoms with Crippen LogP contribution in [0.5, 0.6) is 0 Å². The molecule has 0 aliphatic carbocycles. The molecule has 2 nitrogen and oxygen atoms in total. The molecule has 0 aliphatic rings. The molecule has 0 saturated heterocycles. The maximum Gasteiger partial charge on any atom is 0.416 e. The largest absolute Gasteiger partial charge is 0.416 e. The molecule has 0 radical (unpaired) electrons. The molecule has 0 aliphatic heterocycles. The molecule has 1 aromatic carbocycles. The Balaban J connectivity index is 2.76. The summed E-state index contributed by atoms with van der Waals surface area (Å²) in [4.78, 5) is 0. The first-order valence-electron chi connectivity index (χ1n) is 6.37. The van der Waals surface area contributed by atoms with Gasteiger partial charge in [-0.15, -0.1) is 0 Å². The van der Waals surface area contributed by atoms with E-state index in [-0.39, 0.29) is 17.6 Å². The van der Waals surface area contributed by atoms with Crippen LogP contribution in [-0.2, 0) is 6.18 Å². The highest BCUT2D eigenvalue weighted by atomic mass is 19.4. The molecule has 2 N–H and O–H groups in total. The van der Waals surface area contributed by atoms with E-state index < -0.39 is 17.8 Å². The number of β-amino-alcohol motifs (C(OH)–C–C–N with tert-alkyl or cyclic N) is 1. The van der Waals surface area contributed by atoms with Gasteiger partial charge < -0.3 is 10.4 Å². The number of aliphatic hydroxyl groups excluding tert-OH is 1. The molecule has 0 saturated carbocycles. The fraction of sp³-hybridized carbons (Fsp3) is 0.467. The second-order valence-electron chi connectivity index (χ2n) is 5.64. The molecule has 1 aromatic rings. The minimum atomic E-state index is -4.39. The molecule has 0 spiro atoms. The van der Waals surface area contributed by atoms with Crippen LogP contribution >= 0.6 is 0 Å². The smallest absolute Gasteiger partial charge is 0.388 e. The first-order valence-corrected chi connectivity index (χ1v) is 6.37. The van der Waals surface area contributed by atoms with Crippen LogP contribution in [0.3, 0.4) is 0 Å². The summed E-state index contributed by atoms with van der Waals surface area (Å²) in [5, 5.41) is 12.8. The lowest BCUT2D eigenvalue weighted by molar-refractivity contribution is -0.137. The summed E-state index contributed by atoms with van der Waals surface area (Å²) in [5.41, 5.74) is -0.805. The van der Waals surface area contributed by atoms with E-state index in [9.17, 15) is 18.3 Å². The van der Waals surface area contributed by atoms with Gasteiger partial charge in [-0.1, -0.05) is 30.4 Å². The first-order chi connectivity index (χ1) is 9.09. The number of hydrogen-bond donors (Lipinski definition) is 2. The average molecular weight is 287 g/mol. The Kier molecular flexibility index (Phi) is 5.36. The molecule has 1 atom stereocenters. The summed E-state index contributed by atoms with van der Waals surface area (Å²) in [7, 11) is 0. The van der Waals surface area contributed by atoms with Crippen molar-refractivity contribution in [2.24, 2.45) is 0 Å². The van der Waals surface area contributed by atoms with E-state index in [0.717, 1.165) is 6.07 Å². The number of hydrogen-bond acceptors (Lipinski definition) is 2. The Morgan fingerprint density at radius 2 is 1.80 bits per heavy atom. The molecule has 5 heteroatoms. The van der Waals surface area contributed by atoms with Gasteiger partial charge in [0, 0.05) is 12.1 Å². The average Bonchev–Trinajstić information content (AvgIpc) is 2.32. The Morgan fingerprint density at radius 3 is 2.35 bits per heavy atom. The first kappa shape index (κ1) is 16.7. The lowest BCUT2D eigenvalue weighted by Gasteiger charge is -2.21. The molecule has 0 aromatic heterocycles. The molecule has 112 valence electrons. The van der Waals surface area contributed by atoms with Gasteiger partial charge in [-0.3, -0.25) is 0 Å². The molecule has 1 rings (SSSR count). The molecule has 0 bridgehead atoms. The van der Waals surface area contributed by atoms with E-state index in [4.69, 9.17) is 0 Å². The summed E-state index contributed by atoms with van der Waals surface area (Å²) in [6.45, 7) is 6.13. The van der Waals surface area contributed by atoms with Crippen molar-refractivity contribution in [2.75, 3.05) is 6.54 Å². The molecule has 0 fully saturated rings. The number of alkyl halides is 3. The second kappa shape index (κ2) is 6.41. The summed E-state index contributed by atoms with van der Waals surface area (Å²) in [6.07, 6.45) is -2.56. The van der Waals surface area contributed by atoms with Gasteiger partial charge in [0.05, 0.1) is 11.7 Å². The third kappa shape index (κ3) is 5.75. The molecule has 1 unspecified atom stereocenters. The SMILES string of the molecule is CC(C)(C)NCC(O)/C=C/c1ccccc1C(F)(F)F. The van der Waals surface area contributed by atoms with E-state index in [1.165, 1.54) is 30.4 Å². The zero-order chi connectivity index (χ0) is 15.4. The van der Waals surface area contributed by atoms with Crippen LogP contribution in [0.15, 0.2) is 30.3 Å². The summed E-state index contributed by atoms with van der Waals surface area (Å²) in [6, 6.07) is 5.29. The quantitative estimate of drug-likeness (QED) is 0.888. The van der Waals surface area contributed by atoms with Crippen LogP contribution in [0.25, 0.3) is 6.08 Å². The lowest BCUT2D eigenvalue weighted by Crippen LogP contribution is -2.40. The van der Waals surface area contributed by atoms with Crippen molar-refractivity contribution in [3.05, 3.63) is 41.5 Å². The highest BCUT2D eigenvalue weighted by Gasteiger charge is 2.32. The van der Waals surface area contributed by atoms with E-state index in [1.807, 2.05) is 20.8 Å². The zero-order valence-corrected chi connectivity index (χ0v) is 11.8. The summed E-state index contributed by atoms with van der Waals surface area (Å²) < 4.78 is 38.3. The van der Waals surface area contributed by atoms with Crippen LogP contribution in [0.1, 0.15) is 31.9 Å². The van der Waals surface area contributed by atoms with E-state index in [1.54, 1.807) is 0 Å². The van der Waals surface area contributed by atoms with Crippen LogP contribution < -0.4 is 5.32 Å². The van der Waals surface area contributed by atoms with Crippen molar-refractivity contribution < 1.29 is 18.3 Å². The van der Waals surface area contributed by atoms with Gasteiger partial charge in [0.25, 0.3) is 0 Å². The van der Waals surface area contributed by atoms with Gasteiger partial charge in [0.2, 0.25) is 0 Å². The van der Waals surface area contributed by atoms with Crippen molar-refractivity contribution in [3.8, 4) is 0 Å². The monoisotopic (exact) mass is 287 g/mol. The van der Waals surface area contributed by atoms with Crippen molar-refractivity contribution >= 4 is 6.08 Å².